The van der Waals surface area contributed by atoms with Crippen LogP contribution in [0.1, 0.15) is 5.56 Å². The number of halogens is 1. The minimum absolute atomic E-state index is 0.222. The van der Waals surface area contributed by atoms with Gasteiger partial charge in [-0.3, -0.25) is 9.10 Å². The number of amides is 1. The predicted molar refractivity (Wildman–Crippen MR) is 98.3 cm³/mol. The standard InChI is InChI=1S/C18H21FN2O4S/c1-14-5-3-4-6-17(14)25-12-11-20-18(22)13-21(26(2,23)24)16-9-7-15(19)8-10-16/h3-10H,11-13H2,1-2H3,(H,20,22). The van der Waals surface area contributed by atoms with Crippen molar-refractivity contribution >= 4 is 21.6 Å². The fourth-order valence-electron chi connectivity index (χ4n) is 2.26. The Hall–Kier alpha value is -2.61. The molecule has 2 rings (SSSR count). The zero-order valence-corrected chi connectivity index (χ0v) is 15.4. The molecule has 0 aliphatic heterocycles. The number of sulfonamides is 1. The summed E-state index contributed by atoms with van der Waals surface area (Å²) in [5, 5.41) is 2.61. The number of ether oxygens (including phenoxy) is 1. The summed E-state index contributed by atoms with van der Waals surface area (Å²) in [6, 6.07) is 12.4. The SMILES string of the molecule is Cc1ccccc1OCCNC(=O)CN(c1ccc(F)cc1)S(C)(=O)=O. The first-order chi connectivity index (χ1) is 12.3. The Labute approximate surface area is 152 Å². The Bertz CT molecular complexity index is 854. The molecule has 140 valence electrons. The van der Waals surface area contributed by atoms with E-state index in [2.05, 4.69) is 5.32 Å². The molecule has 1 amide bonds. The lowest BCUT2D eigenvalue weighted by atomic mass is 10.2. The average Bonchev–Trinajstić information content (AvgIpc) is 2.58. The van der Waals surface area contributed by atoms with Crippen LogP contribution >= 0.6 is 0 Å². The molecule has 2 aromatic rings. The summed E-state index contributed by atoms with van der Waals surface area (Å²) in [4.78, 5) is 12.1. The monoisotopic (exact) mass is 380 g/mol. The molecule has 2 aromatic carbocycles. The third kappa shape index (κ3) is 5.73. The summed E-state index contributed by atoms with van der Waals surface area (Å²) in [5.41, 5.74) is 1.21. The van der Waals surface area contributed by atoms with E-state index in [1.807, 2.05) is 31.2 Å². The van der Waals surface area contributed by atoms with Gasteiger partial charge >= 0.3 is 0 Å². The second kappa shape index (κ2) is 8.66. The highest BCUT2D eigenvalue weighted by molar-refractivity contribution is 7.92. The maximum Gasteiger partial charge on any atom is 0.240 e. The number of hydrogen-bond donors (Lipinski definition) is 1. The van der Waals surface area contributed by atoms with Gasteiger partial charge in [0.25, 0.3) is 0 Å². The lowest BCUT2D eigenvalue weighted by molar-refractivity contribution is -0.119. The van der Waals surface area contributed by atoms with E-state index in [-0.39, 0.29) is 18.8 Å². The number of nitrogens with one attached hydrogen (secondary N) is 1. The van der Waals surface area contributed by atoms with E-state index in [0.29, 0.717) is 0 Å². The molecule has 0 aliphatic rings. The second-order valence-corrected chi connectivity index (χ2v) is 7.62. The van der Waals surface area contributed by atoms with E-state index < -0.39 is 28.3 Å². The van der Waals surface area contributed by atoms with Gasteiger partial charge in [0.1, 0.15) is 24.7 Å². The van der Waals surface area contributed by atoms with Crippen LogP contribution in [0.4, 0.5) is 10.1 Å². The largest absolute Gasteiger partial charge is 0.491 e. The molecule has 0 bridgehead atoms. The first kappa shape index (κ1) is 19.7. The molecular weight excluding hydrogens is 359 g/mol. The van der Waals surface area contributed by atoms with Gasteiger partial charge in [-0.25, -0.2) is 12.8 Å². The molecule has 0 saturated carbocycles. The van der Waals surface area contributed by atoms with Gasteiger partial charge in [-0.2, -0.15) is 0 Å². The Morgan fingerprint density at radius 1 is 1.15 bits per heavy atom. The molecule has 1 N–H and O–H groups in total. The molecule has 0 unspecified atom stereocenters. The summed E-state index contributed by atoms with van der Waals surface area (Å²) in [7, 11) is -3.69. The van der Waals surface area contributed by atoms with Crippen molar-refractivity contribution < 1.29 is 22.3 Å². The van der Waals surface area contributed by atoms with E-state index in [1.165, 1.54) is 12.1 Å². The van der Waals surface area contributed by atoms with Gasteiger partial charge in [0.05, 0.1) is 18.5 Å². The summed E-state index contributed by atoms with van der Waals surface area (Å²) in [6.45, 7) is 2.01. The highest BCUT2D eigenvalue weighted by Gasteiger charge is 2.20. The van der Waals surface area contributed by atoms with Crippen LogP contribution in [0, 0.1) is 12.7 Å². The Morgan fingerprint density at radius 2 is 1.81 bits per heavy atom. The lowest BCUT2D eigenvalue weighted by Crippen LogP contribution is -2.41. The molecule has 0 heterocycles. The van der Waals surface area contributed by atoms with Gasteiger partial charge < -0.3 is 10.1 Å². The van der Waals surface area contributed by atoms with Crippen LogP contribution < -0.4 is 14.4 Å². The molecule has 8 heteroatoms. The molecule has 0 radical (unpaired) electrons. The van der Waals surface area contributed by atoms with Gasteiger partial charge in [0.2, 0.25) is 15.9 Å². The van der Waals surface area contributed by atoms with Crippen molar-refractivity contribution in [3.05, 3.63) is 59.9 Å². The van der Waals surface area contributed by atoms with Crippen molar-refractivity contribution in [1.82, 2.24) is 5.32 Å². The van der Waals surface area contributed by atoms with Crippen LogP contribution in [0.5, 0.6) is 5.75 Å². The topological polar surface area (TPSA) is 75.7 Å². The van der Waals surface area contributed by atoms with Gasteiger partial charge in [0.15, 0.2) is 0 Å². The lowest BCUT2D eigenvalue weighted by Gasteiger charge is -2.21. The van der Waals surface area contributed by atoms with Crippen molar-refractivity contribution in [3.8, 4) is 5.75 Å². The van der Waals surface area contributed by atoms with E-state index in [1.54, 1.807) is 0 Å². The highest BCUT2D eigenvalue weighted by Crippen LogP contribution is 2.18. The zero-order chi connectivity index (χ0) is 19.2. The van der Waals surface area contributed by atoms with Crippen molar-refractivity contribution in [2.24, 2.45) is 0 Å². The number of carbonyl (C=O) groups is 1. The van der Waals surface area contributed by atoms with Gasteiger partial charge in [0, 0.05) is 0 Å². The Morgan fingerprint density at radius 3 is 2.42 bits per heavy atom. The molecule has 26 heavy (non-hydrogen) atoms. The van der Waals surface area contributed by atoms with Gasteiger partial charge in [-0.1, -0.05) is 18.2 Å². The summed E-state index contributed by atoms with van der Waals surface area (Å²) in [5.74, 6) is -0.237. The van der Waals surface area contributed by atoms with Crippen LogP contribution in [0.25, 0.3) is 0 Å². The molecule has 0 atom stereocenters. The number of para-hydroxylation sites is 1. The van der Waals surface area contributed by atoms with Crippen molar-refractivity contribution in [2.45, 2.75) is 6.92 Å². The van der Waals surface area contributed by atoms with Crippen molar-refractivity contribution in [3.63, 3.8) is 0 Å². The number of carbonyl (C=O) groups excluding carboxylic acids is 1. The van der Waals surface area contributed by atoms with Crippen LogP contribution in [0.3, 0.4) is 0 Å². The highest BCUT2D eigenvalue weighted by atomic mass is 32.2. The number of aryl methyl sites for hydroxylation is 1. The smallest absolute Gasteiger partial charge is 0.240 e. The van der Waals surface area contributed by atoms with Crippen LogP contribution in [0.15, 0.2) is 48.5 Å². The summed E-state index contributed by atoms with van der Waals surface area (Å²) >= 11 is 0. The number of anilines is 1. The quantitative estimate of drug-likeness (QED) is 0.712. The van der Waals surface area contributed by atoms with Crippen LogP contribution in [-0.2, 0) is 14.8 Å². The van der Waals surface area contributed by atoms with E-state index in [9.17, 15) is 17.6 Å². The Kier molecular flexibility index (Phi) is 6.57. The van der Waals surface area contributed by atoms with Gasteiger partial charge in [-0.05, 0) is 42.8 Å². The maximum absolute atomic E-state index is 13.0. The van der Waals surface area contributed by atoms with Crippen LogP contribution in [0.2, 0.25) is 0 Å². The average molecular weight is 380 g/mol. The minimum atomic E-state index is -3.69. The molecule has 0 fully saturated rings. The number of hydrogen-bond acceptors (Lipinski definition) is 4. The first-order valence-corrected chi connectivity index (χ1v) is 9.80. The zero-order valence-electron chi connectivity index (χ0n) is 14.6. The third-order valence-electron chi connectivity index (χ3n) is 3.58. The molecule has 0 aliphatic carbocycles. The fraction of sp³-hybridized carbons (Fsp3) is 0.278. The third-order valence-corrected chi connectivity index (χ3v) is 4.72. The van der Waals surface area contributed by atoms with E-state index in [0.717, 1.165) is 34.0 Å². The Balaban J connectivity index is 1.89. The maximum atomic E-state index is 13.0. The minimum Gasteiger partial charge on any atom is -0.491 e. The molecular formula is C18H21FN2O4S. The molecule has 0 aromatic heterocycles. The van der Waals surface area contributed by atoms with Crippen molar-refractivity contribution in [2.75, 3.05) is 30.3 Å². The van der Waals surface area contributed by atoms with Crippen LogP contribution in [-0.4, -0.2) is 40.3 Å². The first-order valence-electron chi connectivity index (χ1n) is 7.96. The molecule has 0 saturated heterocycles. The van der Waals surface area contributed by atoms with Crippen molar-refractivity contribution in [1.29, 1.82) is 0 Å². The fourth-order valence-corrected chi connectivity index (χ4v) is 3.12. The predicted octanol–water partition coefficient (Wildman–Crippen LogP) is 2.10. The summed E-state index contributed by atoms with van der Waals surface area (Å²) in [6.07, 6.45) is 0.991. The molecule has 0 spiro atoms. The number of nitrogens with zero attached hydrogens (tertiary/aromatic N) is 1. The summed E-state index contributed by atoms with van der Waals surface area (Å²) < 4.78 is 43.4. The normalized spacial score (nSPS) is 11.0. The van der Waals surface area contributed by atoms with E-state index in [4.69, 9.17) is 4.74 Å². The number of benzene rings is 2. The van der Waals surface area contributed by atoms with E-state index >= 15 is 0 Å². The van der Waals surface area contributed by atoms with Gasteiger partial charge in [-0.15, -0.1) is 0 Å². The second-order valence-electron chi connectivity index (χ2n) is 5.71. The number of rotatable bonds is 8. The molecule has 6 nitrogen and oxygen atoms in total.